The van der Waals surface area contributed by atoms with E-state index >= 15 is 0 Å². The highest BCUT2D eigenvalue weighted by atomic mass is 32.2. The van der Waals surface area contributed by atoms with Crippen molar-refractivity contribution in [2.24, 2.45) is 5.73 Å². The third-order valence-corrected chi connectivity index (χ3v) is 5.40. The summed E-state index contributed by atoms with van der Waals surface area (Å²) in [6, 6.07) is 0. The minimum Gasteiger partial charge on any atom is -0.465 e. The van der Waals surface area contributed by atoms with Gasteiger partial charge in [0.25, 0.3) is 0 Å². The second-order valence-corrected chi connectivity index (χ2v) is 6.47. The molecule has 1 fully saturated rings. The van der Waals surface area contributed by atoms with Crippen LogP contribution in [0.2, 0.25) is 0 Å². The van der Waals surface area contributed by atoms with Gasteiger partial charge in [-0.15, -0.1) is 0 Å². The van der Waals surface area contributed by atoms with Gasteiger partial charge >= 0.3 is 0 Å². The Morgan fingerprint density at radius 3 is 2.63 bits per heavy atom. The molecule has 0 amide bonds. The molecule has 0 unspecified atom stereocenters. The molecule has 6 nitrogen and oxygen atoms in total. The first-order valence-electron chi connectivity index (χ1n) is 6.35. The Balaban J connectivity index is 2.43. The second-order valence-electron chi connectivity index (χ2n) is 4.60. The van der Waals surface area contributed by atoms with Crippen LogP contribution in [0.5, 0.6) is 0 Å². The lowest BCUT2D eigenvalue weighted by Crippen LogP contribution is -2.34. The maximum absolute atomic E-state index is 12.7. The molecule has 2 rings (SSSR count). The molecule has 1 aliphatic rings. The standard InChI is InChI=1S/C12H20N2O4S/c1-9-11(8-13)12(10(2)18-9)19(15,16)14-4-3-6-17-7-5-14/h3-8,13H2,1-2H3. The number of furan rings is 1. The van der Waals surface area contributed by atoms with Crippen molar-refractivity contribution < 1.29 is 17.6 Å². The van der Waals surface area contributed by atoms with Gasteiger partial charge in [-0.25, -0.2) is 8.42 Å². The van der Waals surface area contributed by atoms with Gasteiger partial charge in [0, 0.05) is 31.8 Å². The summed E-state index contributed by atoms with van der Waals surface area (Å²) >= 11 is 0. The molecule has 0 aromatic carbocycles. The van der Waals surface area contributed by atoms with Gasteiger partial charge in [0.05, 0.1) is 6.61 Å². The van der Waals surface area contributed by atoms with Crippen molar-refractivity contribution in [1.29, 1.82) is 0 Å². The van der Waals surface area contributed by atoms with Gasteiger partial charge in [0.15, 0.2) is 0 Å². The second kappa shape index (κ2) is 5.62. The largest absolute Gasteiger partial charge is 0.465 e. The molecule has 0 saturated carbocycles. The number of hydrogen-bond donors (Lipinski definition) is 1. The van der Waals surface area contributed by atoms with Crippen molar-refractivity contribution >= 4 is 10.0 Å². The lowest BCUT2D eigenvalue weighted by molar-refractivity contribution is 0.148. The van der Waals surface area contributed by atoms with Crippen LogP contribution >= 0.6 is 0 Å². The molecule has 0 spiro atoms. The van der Waals surface area contributed by atoms with Crippen LogP contribution < -0.4 is 5.73 Å². The number of sulfonamides is 1. The van der Waals surface area contributed by atoms with Crippen LogP contribution in [0, 0.1) is 13.8 Å². The van der Waals surface area contributed by atoms with Crippen molar-refractivity contribution in [1.82, 2.24) is 4.31 Å². The van der Waals surface area contributed by atoms with E-state index in [2.05, 4.69) is 0 Å². The van der Waals surface area contributed by atoms with E-state index < -0.39 is 10.0 Å². The zero-order chi connectivity index (χ0) is 14.0. The van der Waals surface area contributed by atoms with Crippen LogP contribution in [0.3, 0.4) is 0 Å². The average Bonchev–Trinajstić information content (AvgIpc) is 2.58. The smallest absolute Gasteiger partial charge is 0.246 e. The summed E-state index contributed by atoms with van der Waals surface area (Å²) < 4.78 is 37.6. The molecule has 0 aliphatic carbocycles. The maximum Gasteiger partial charge on any atom is 0.246 e. The molecule has 2 N–H and O–H groups in total. The fourth-order valence-corrected chi connectivity index (χ4v) is 4.26. The minimum absolute atomic E-state index is 0.155. The summed E-state index contributed by atoms with van der Waals surface area (Å²) in [6.07, 6.45) is 0.701. The Bertz CT molecular complexity index is 542. The molecule has 0 radical (unpaired) electrons. The first kappa shape index (κ1) is 14.5. The van der Waals surface area contributed by atoms with Gasteiger partial charge in [-0.1, -0.05) is 0 Å². The Hall–Kier alpha value is -0.890. The highest BCUT2D eigenvalue weighted by molar-refractivity contribution is 7.89. The highest BCUT2D eigenvalue weighted by Gasteiger charge is 2.32. The maximum atomic E-state index is 12.7. The van der Waals surface area contributed by atoms with E-state index in [1.807, 2.05) is 0 Å². The van der Waals surface area contributed by atoms with E-state index in [9.17, 15) is 8.42 Å². The summed E-state index contributed by atoms with van der Waals surface area (Å²) in [4.78, 5) is 0.231. The highest BCUT2D eigenvalue weighted by Crippen LogP contribution is 2.29. The van der Waals surface area contributed by atoms with E-state index in [1.165, 1.54) is 4.31 Å². The van der Waals surface area contributed by atoms with Crippen molar-refractivity contribution in [2.45, 2.75) is 31.7 Å². The number of nitrogens with zero attached hydrogens (tertiary/aromatic N) is 1. The van der Waals surface area contributed by atoms with Crippen LogP contribution in [-0.2, 0) is 21.3 Å². The zero-order valence-electron chi connectivity index (χ0n) is 11.3. The van der Waals surface area contributed by atoms with Crippen molar-refractivity contribution in [3.05, 3.63) is 17.1 Å². The molecule has 2 heterocycles. The predicted octanol–water partition coefficient (Wildman–Crippen LogP) is 0.766. The van der Waals surface area contributed by atoms with Gasteiger partial charge < -0.3 is 14.9 Å². The monoisotopic (exact) mass is 288 g/mol. The van der Waals surface area contributed by atoms with Crippen LogP contribution in [0.4, 0.5) is 0 Å². The van der Waals surface area contributed by atoms with E-state index in [0.29, 0.717) is 49.8 Å². The summed E-state index contributed by atoms with van der Waals surface area (Å²) in [5.41, 5.74) is 6.23. The summed E-state index contributed by atoms with van der Waals surface area (Å²) in [5.74, 6) is 0.979. The molecule has 1 aliphatic heterocycles. The van der Waals surface area contributed by atoms with E-state index in [4.69, 9.17) is 14.9 Å². The quantitative estimate of drug-likeness (QED) is 0.887. The van der Waals surface area contributed by atoms with Crippen molar-refractivity contribution in [3.63, 3.8) is 0 Å². The number of hydrogen-bond acceptors (Lipinski definition) is 5. The first-order valence-corrected chi connectivity index (χ1v) is 7.79. The van der Waals surface area contributed by atoms with Gasteiger partial charge in [-0.3, -0.25) is 0 Å². The average molecular weight is 288 g/mol. The number of rotatable bonds is 3. The number of ether oxygens (including phenoxy) is 1. The third kappa shape index (κ3) is 2.69. The zero-order valence-corrected chi connectivity index (χ0v) is 12.1. The van der Waals surface area contributed by atoms with Crippen molar-refractivity contribution in [3.8, 4) is 0 Å². The fraction of sp³-hybridized carbons (Fsp3) is 0.667. The minimum atomic E-state index is -3.56. The molecule has 1 aromatic heterocycles. The van der Waals surface area contributed by atoms with E-state index in [-0.39, 0.29) is 11.4 Å². The molecule has 1 saturated heterocycles. The molecule has 1 aromatic rings. The SMILES string of the molecule is Cc1oc(C)c(S(=O)(=O)N2CCCOCC2)c1CN. The summed E-state index contributed by atoms with van der Waals surface area (Å²) in [5, 5.41) is 0. The Kier molecular flexibility index (Phi) is 4.29. The van der Waals surface area contributed by atoms with E-state index in [0.717, 1.165) is 0 Å². The van der Waals surface area contributed by atoms with Gasteiger partial charge in [-0.2, -0.15) is 4.31 Å². The van der Waals surface area contributed by atoms with E-state index in [1.54, 1.807) is 13.8 Å². The Morgan fingerprint density at radius 1 is 1.21 bits per heavy atom. The van der Waals surface area contributed by atoms with Crippen LogP contribution in [0.15, 0.2) is 9.31 Å². The summed E-state index contributed by atoms with van der Waals surface area (Å²) in [7, 11) is -3.56. The number of aryl methyl sites for hydroxylation is 2. The first-order chi connectivity index (χ1) is 8.98. The molecule has 19 heavy (non-hydrogen) atoms. The molecular formula is C12H20N2O4S. The molecule has 0 bridgehead atoms. The lowest BCUT2D eigenvalue weighted by atomic mass is 10.2. The van der Waals surface area contributed by atoms with Crippen LogP contribution in [0.1, 0.15) is 23.5 Å². The topological polar surface area (TPSA) is 85.8 Å². The molecule has 7 heteroatoms. The predicted molar refractivity (Wildman–Crippen MR) is 70.3 cm³/mol. The van der Waals surface area contributed by atoms with Crippen LogP contribution in [0.25, 0.3) is 0 Å². The molecular weight excluding hydrogens is 268 g/mol. The molecule has 108 valence electrons. The fourth-order valence-electron chi connectivity index (χ4n) is 2.38. The van der Waals surface area contributed by atoms with Gasteiger partial charge in [0.2, 0.25) is 10.0 Å². The van der Waals surface area contributed by atoms with Gasteiger partial charge in [0.1, 0.15) is 16.4 Å². The Morgan fingerprint density at radius 2 is 1.95 bits per heavy atom. The normalized spacial score (nSPS) is 18.5. The van der Waals surface area contributed by atoms with Crippen LogP contribution in [-0.4, -0.2) is 39.0 Å². The summed E-state index contributed by atoms with van der Waals surface area (Å²) in [6.45, 7) is 5.41. The molecule has 0 atom stereocenters. The lowest BCUT2D eigenvalue weighted by Gasteiger charge is -2.19. The third-order valence-electron chi connectivity index (χ3n) is 3.31. The number of nitrogens with two attached hydrogens (primary N) is 1. The Labute approximate surface area is 113 Å². The van der Waals surface area contributed by atoms with Gasteiger partial charge in [-0.05, 0) is 20.3 Å². The van der Waals surface area contributed by atoms with Crippen molar-refractivity contribution in [2.75, 3.05) is 26.3 Å².